The van der Waals surface area contributed by atoms with Crippen LogP contribution in [0.1, 0.15) is 13.8 Å². The Morgan fingerprint density at radius 3 is 2.30 bits per heavy atom. The van der Waals surface area contributed by atoms with Gasteiger partial charge in [0, 0.05) is 18.3 Å². The molecule has 0 heterocycles. The third kappa shape index (κ3) is 4.79. The maximum atomic E-state index is 11.7. The van der Waals surface area contributed by atoms with Gasteiger partial charge in [-0.05, 0) is 26.0 Å². The van der Waals surface area contributed by atoms with Crippen molar-refractivity contribution >= 4 is 17.6 Å². The molecule has 0 aliphatic heterocycles. The second-order valence-corrected chi connectivity index (χ2v) is 3.99. The smallest absolute Gasteiger partial charge is 0.322 e. The maximum Gasteiger partial charge on any atom is 0.322 e. The Balaban J connectivity index is 2.69. The Morgan fingerprint density at radius 2 is 1.80 bits per heavy atom. The average Bonchev–Trinajstić information content (AvgIpc) is 2.39. The number of nitrogens with one attached hydrogen (secondary N) is 1. The first-order chi connectivity index (χ1) is 9.58. The molecule has 2 N–H and O–H groups in total. The summed E-state index contributed by atoms with van der Waals surface area (Å²) in [5.41, 5.74) is 0.601. The molecule has 110 valence electrons. The molecule has 0 unspecified atom stereocenters. The average molecular weight is 281 g/mol. The van der Waals surface area contributed by atoms with Crippen LogP contribution in [0.2, 0.25) is 0 Å². The number of anilines is 1. The first-order valence-corrected chi connectivity index (χ1v) is 6.44. The van der Waals surface area contributed by atoms with Crippen LogP contribution in [0.25, 0.3) is 0 Å². The first-order valence-electron chi connectivity index (χ1n) is 6.44. The zero-order valence-corrected chi connectivity index (χ0v) is 11.6. The van der Waals surface area contributed by atoms with Gasteiger partial charge < -0.3 is 19.9 Å². The summed E-state index contributed by atoms with van der Waals surface area (Å²) in [5, 5.41) is 12.2. The number of carbonyl (C=O) groups is 2. The third-order valence-electron chi connectivity index (χ3n) is 2.50. The number of hydrogen-bond donors (Lipinski definition) is 2. The van der Waals surface area contributed by atoms with Crippen LogP contribution in [-0.2, 0) is 19.1 Å². The molecule has 0 amide bonds. The predicted molar refractivity (Wildman–Crippen MR) is 73.4 cm³/mol. The number of benzene rings is 1. The van der Waals surface area contributed by atoms with Gasteiger partial charge in [-0.3, -0.25) is 9.59 Å². The molecule has 0 aliphatic carbocycles. The first kappa shape index (κ1) is 15.8. The molecule has 6 nitrogen and oxygen atoms in total. The fourth-order valence-electron chi connectivity index (χ4n) is 1.58. The molecule has 0 radical (unpaired) electrons. The van der Waals surface area contributed by atoms with Crippen LogP contribution in [0.15, 0.2) is 24.3 Å². The van der Waals surface area contributed by atoms with Crippen molar-refractivity contribution in [2.24, 2.45) is 5.92 Å². The number of carbonyl (C=O) groups excluding carboxylic acids is 2. The highest BCUT2D eigenvalue weighted by atomic mass is 16.6. The van der Waals surface area contributed by atoms with Crippen molar-refractivity contribution < 1.29 is 24.2 Å². The maximum absolute atomic E-state index is 11.7. The van der Waals surface area contributed by atoms with E-state index in [1.807, 2.05) is 0 Å². The van der Waals surface area contributed by atoms with E-state index in [9.17, 15) is 14.7 Å². The minimum absolute atomic E-state index is 0.0428. The van der Waals surface area contributed by atoms with Gasteiger partial charge in [0.15, 0.2) is 5.92 Å². The Labute approximate surface area is 117 Å². The van der Waals surface area contributed by atoms with Crippen LogP contribution in [0.3, 0.4) is 0 Å². The summed E-state index contributed by atoms with van der Waals surface area (Å²) in [5.74, 6) is -2.19. The summed E-state index contributed by atoms with van der Waals surface area (Å²) >= 11 is 0. The summed E-state index contributed by atoms with van der Waals surface area (Å²) in [6, 6.07) is 6.39. The van der Waals surface area contributed by atoms with E-state index in [0.717, 1.165) is 0 Å². The van der Waals surface area contributed by atoms with E-state index in [2.05, 4.69) is 5.32 Å². The van der Waals surface area contributed by atoms with Crippen LogP contribution in [0.5, 0.6) is 5.75 Å². The number of ether oxygens (including phenoxy) is 2. The Hall–Kier alpha value is -2.24. The Morgan fingerprint density at radius 1 is 1.20 bits per heavy atom. The van der Waals surface area contributed by atoms with Crippen molar-refractivity contribution in [1.82, 2.24) is 0 Å². The lowest BCUT2D eigenvalue weighted by molar-refractivity contribution is -0.160. The summed E-state index contributed by atoms with van der Waals surface area (Å²) in [7, 11) is 0. The lowest BCUT2D eigenvalue weighted by Crippen LogP contribution is -2.33. The number of phenols is 1. The monoisotopic (exact) mass is 281 g/mol. The summed E-state index contributed by atoms with van der Waals surface area (Å²) in [6.07, 6.45) is 0. The Bertz CT molecular complexity index is 443. The van der Waals surface area contributed by atoms with E-state index < -0.39 is 17.9 Å². The quantitative estimate of drug-likeness (QED) is 0.582. The minimum Gasteiger partial charge on any atom is -0.508 e. The summed E-state index contributed by atoms with van der Waals surface area (Å²) in [4.78, 5) is 23.5. The third-order valence-corrected chi connectivity index (χ3v) is 2.50. The number of esters is 2. The van der Waals surface area contributed by atoms with Crippen LogP contribution < -0.4 is 5.32 Å². The second kappa shape index (κ2) is 8.04. The van der Waals surface area contributed by atoms with Gasteiger partial charge in [0.25, 0.3) is 0 Å². The standard InChI is InChI=1S/C14H19NO5/c1-3-19-13(17)12(14(18)20-4-2)9-15-10-6-5-7-11(16)8-10/h5-8,12,15-16H,3-4,9H2,1-2H3. The fraction of sp³-hybridized carbons (Fsp3) is 0.429. The van der Waals surface area contributed by atoms with Crippen LogP contribution in [-0.4, -0.2) is 36.8 Å². The fourth-order valence-corrected chi connectivity index (χ4v) is 1.58. The molecule has 20 heavy (non-hydrogen) atoms. The topological polar surface area (TPSA) is 84.9 Å². The van der Waals surface area contributed by atoms with E-state index in [-0.39, 0.29) is 25.5 Å². The van der Waals surface area contributed by atoms with Gasteiger partial charge >= 0.3 is 11.9 Å². The number of aromatic hydroxyl groups is 1. The minimum atomic E-state index is -1.03. The van der Waals surface area contributed by atoms with Gasteiger partial charge in [0.05, 0.1) is 13.2 Å². The van der Waals surface area contributed by atoms with Crippen molar-refractivity contribution in [3.05, 3.63) is 24.3 Å². The zero-order valence-electron chi connectivity index (χ0n) is 11.6. The van der Waals surface area contributed by atoms with Crippen molar-refractivity contribution in [1.29, 1.82) is 0 Å². The SMILES string of the molecule is CCOC(=O)C(CNc1cccc(O)c1)C(=O)OCC. The largest absolute Gasteiger partial charge is 0.508 e. The molecular weight excluding hydrogens is 262 g/mol. The normalized spacial score (nSPS) is 10.2. The summed E-state index contributed by atoms with van der Waals surface area (Å²) in [6.45, 7) is 3.77. The van der Waals surface area contributed by atoms with E-state index in [1.54, 1.807) is 26.0 Å². The number of hydrogen-bond acceptors (Lipinski definition) is 6. The highest BCUT2D eigenvalue weighted by Gasteiger charge is 2.29. The van der Waals surface area contributed by atoms with Gasteiger partial charge in [-0.15, -0.1) is 0 Å². The van der Waals surface area contributed by atoms with Crippen molar-refractivity contribution in [2.45, 2.75) is 13.8 Å². The molecule has 0 atom stereocenters. The molecule has 6 heteroatoms. The molecule has 0 aliphatic rings. The van der Waals surface area contributed by atoms with Gasteiger partial charge in [0.1, 0.15) is 5.75 Å². The molecule has 1 aromatic carbocycles. The molecule has 0 fully saturated rings. The van der Waals surface area contributed by atoms with Gasteiger partial charge in [-0.2, -0.15) is 0 Å². The number of phenolic OH excluding ortho intramolecular Hbond substituents is 1. The van der Waals surface area contributed by atoms with Crippen LogP contribution >= 0.6 is 0 Å². The second-order valence-electron chi connectivity index (χ2n) is 3.99. The summed E-state index contributed by atoms with van der Waals surface area (Å²) < 4.78 is 9.71. The van der Waals surface area contributed by atoms with E-state index in [4.69, 9.17) is 9.47 Å². The molecular formula is C14H19NO5. The predicted octanol–water partition coefficient (Wildman–Crippen LogP) is 1.55. The molecule has 0 aromatic heterocycles. The van der Waals surface area contributed by atoms with Gasteiger partial charge in [-0.1, -0.05) is 6.07 Å². The van der Waals surface area contributed by atoms with Crippen LogP contribution in [0, 0.1) is 5.92 Å². The molecule has 0 saturated carbocycles. The molecule has 1 rings (SSSR count). The molecule has 0 spiro atoms. The lowest BCUT2D eigenvalue weighted by Gasteiger charge is -2.15. The highest BCUT2D eigenvalue weighted by Crippen LogP contribution is 2.16. The molecule has 0 saturated heterocycles. The van der Waals surface area contributed by atoms with E-state index in [0.29, 0.717) is 5.69 Å². The zero-order chi connectivity index (χ0) is 15.0. The highest BCUT2D eigenvalue weighted by molar-refractivity contribution is 5.95. The molecule has 1 aromatic rings. The van der Waals surface area contributed by atoms with E-state index >= 15 is 0 Å². The molecule has 0 bridgehead atoms. The van der Waals surface area contributed by atoms with Crippen molar-refractivity contribution in [2.75, 3.05) is 25.1 Å². The van der Waals surface area contributed by atoms with Crippen molar-refractivity contribution in [3.8, 4) is 5.75 Å². The lowest BCUT2D eigenvalue weighted by atomic mass is 10.1. The van der Waals surface area contributed by atoms with Crippen molar-refractivity contribution in [3.63, 3.8) is 0 Å². The van der Waals surface area contributed by atoms with Gasteiger partial charge in [0.2, 0.25) is 0 Å². The number of rotatable bonds is 7. The van der Waals surface area contributed by atoms with E-state index in [1.165, 1.54) is 12.1 Å². The van der Waals surface area contributed by atoms with Crippen LogP contribution in [0.4, 0.5) is 5.69 Å². The van der Waals surface area contributed by atoms with Gasteiger partial charge in [-0.25, -0.2) is 0 Å². The Kier molecular flexibility index (Phi) is 6.36.